The lowest BCUT2D eigenvalue weighted by atomic mass is 9.94. The molecule has 4 heteroatoms. The van der Waals surface area contributed by atoms with E-state index in [-0.39, 0.29) is 18.1 Å². The molecule has 1 aliphatic heterocycles. The molecule has 1 heterocycles. The number of halogens is 1. The number of carbonyl (C=O) groups excluding carboxylic acids is 1. The Morgan fingerprint density at radius 2 is 2.14 bits per heavy atom. The number of rotatable bonds is 2. The summed E-state index contributed by atoms with van der Waals surface area (Å²) in [5.74, 6) is 5.28. The Bertz CT molecular complexity index is 566. The van der Waals surface area contributed by atoms with E-state index in [0.717, 1.165) is 19.3 Å². The predicted octanol–water partition coefficient (Wildman–Crippen LogP) is 2.43. The Morgan fingerprint density at radius 1 is 1.43 bits per heavy atom. The molecular weight excluding hydrogens is 269 g/mol. The molecule has 0 unspecified atom stereocenters. The zero-order valence-electron chi connectivity index (χ0n) is 12.2. The lowest BCUT2D eigenvalue weighted by molar-refractivity contribution is 0.0688. The van der Waals surface area contributed by atoms with Gasteiger partial charge >= 0.3 is 0 Å². The van der Waals surface area contributed by atoms with Crippen LogP contribution in [0.15, 0.2) is 18.2 Å². The normalized spacial score (nSPS) is 15.5. The third kappa shape index (κ3) is 3.83. The van der Waals surface area contributed by atoms with E-state index in [4.69, 9.17) is 5.11 Å². The van der Waals surface area contributed by atoms with Crippen molar-refractivity contribution in [3.8, 4) is 11.8 Å². The first-order valence-corrected chi connectivity index (χ1v) is 7.34. The molecule has 1 aromatic rings. The van der Waals surface area contributed by atoms with Crippen LogP contribution in [0.3, 0.4) is 0 Å². The predicted molar refractivity (Wildman–Crippen MR) is 79.3 cm³/mol. The molecule has 1 aliphatic rings. The van der Waals surface area contributed by atoms with E-state index in [1.807, 2.05) is 0 Å². The molecule has 1 saturated heterocycles. The second-order valence-corrected chi connectivity index (χ2v) is 5.29. The van der Waals surface area contributed by atoms with Crippen LogP contribution in [0.5, 0.6) is 0 Å². The van der Waals surface area contributed by atoms with Crippen molar-refractivity contribution < 1.29 is 14.3 Å². The number of hydrogen-bond acceptors (Lipinski definition) is 2. The summed E-state index contributed by atoms with van der Waals surface area (Å²) in [5.41, 5.74) is 0.749. The summed E-state index contributed by atoms with van der Waals surface area (Å²) in [6, 6.07) is 4.00. The number of nitrogens with zero attached hydrogens (tertiary/aromatic N) is 1. The second kappa shape index (κ2) is 7.24. The summed E-state index contributed by atoms with van der Waals surface area (Å²) in [6.07, 6.45) is 3.12. The third-order valence-electron chi connectivity index (χ3n) is 3.99. The lowest BCUT2D eigenvalue weighted by Gasteiger charge is -2.31. The van der Waals surface area contributed by atoms with Gasteiger partial charge in [0, 0.05) is 18.7 Å². The summed E-state index contributed by atoms with van der Waals surface area (Å²) in [7, 11) is 0. The molecule has 1 N–H and O–H groups in total. The van der Waals surface area contributed by atoms with Crippen molar-refractivity contribution in [2.24, 2.45) is 5.92 Å². The summed E-state index contributed by atoms with van der Waals surface area (Å²) in [5, 5.41) is 8.77. The summed E-state index contributed by atoms with van der Waals surface area (Å²) < 4.78 is 13.4. The Balaban J connectivity index is 2.20. The second-order valence-electron chi connectivity index (χ2n) is 5.29. The largest absolute Gasteiger partial charge is 0.384 e. The van der Waals surface area contributed by atoms with Gasteiger partial charge in [-0.1, -0.05) is 25.2 Å². The van der Waals surface area contributed by atoms with Gasteiger partial charge in [0.05, 0.1) is 5.56 Å². The molecule has 0 bridgehead atoms. The van der Waals surface area contributed by atoms with Crippen molar-refractivity contribution in [2.45, 2.75) is 26.2 Å². The minimum absolute atomic E-state index is 0.175. The summed E-state index contributed by atoms with van der Waals surface area (Å²) in [4.78, 5) is 14.3. The molecule has 0 aromatic heterocycles. The molecule has 0 spiro atoms. The van der Waals surface area contributed by atoms with E-state index in [2.05, 4.69) is 18.8 Å². The molecule has 0 radical (unpaired) electrons. The number of benzene rings is 1. The van der Waals surface area contributed by atoms with Gasteiger partial charge in [0.15, 0.2) is 0 Å². The molecule has 0 atom stereocenters. The maximum Gasteiger partial charge on any atom is 0.255 e. The molecule has 3 nitrogen and oxygen atoms in total. The molecular formula is C17H20FNO2. The van der Waals surface area contributed by atoms with Crippen LogP contribution in [0.2, 0.25) is 0 Å². The smallest absolute Gasteiger partial charge is 0.255 e. The molecule has 2 rings (SSSR count). The van der Waals surface area contributed by atoms with Crippen LogP contribution in [-0.2, 0) is 0 Å². The van der Waals surface area contributed by atoms with Crippen LogP contribution in [0.1, 0.15) is 42.1 Å². The molecule has 0 aliphatic carbocycles. The van der Waals surface area contributed by atoms with Gasteiger partial charge in [-0.15, -0.1) is 0 Å². The van der Waals surface area contributed by atoms with Gasteiger partial charge in [-0.05, 0) is 37.0 Å². The number of amides is 1. The lowest BCUT2D eigenvalue weighted by Crippen LogP contribution is -2.38. The highest BCUT2D eigenvalue weighted by atomic mass is 19.1. The quantitative estimate of drug-likeness (QED) is 0.850. The van der Waals surface area contributed by atoms with E-state index < -0.39 is 5.82 Å². The molecule has 112 valence electrons. The van der Waals surface area contributed by atoms with Gasteiger partial charge in [0.25, 0.3) is 5.91 Å². The van der Waals surface area contributed by atoms with Crippen molar-refractivity contribution >= 4 is 5.91 Å². The highest BCUT2D eigenvalue weighted by Crippen LogP contribution is 2.22. The zero-order valence-corrected chi connectivity index (χ0v) is 12.2. The number of hydrogen-bond donors (Lipinski definition) is 1. The number of aliphatic hydroxyl groups excluding tert-OH is 1. The minimum Gasteiger partial charge on any atom is -0.384 e. The number of aliphatic hydroxyl groups is 1. The Kier molecular flexibility index (Phi) is 5.35. The molecule has 21 heavy (non-hydrogen) atoms. The van der Waals surface area contributed by atoms with E-state index in [1.54, 1.807) is 4.90 Å². The summed E-state index contributed by atoms with van der Waals surface area (Å²) in [6.45, 7) is 3.30. The number of piperidine rings is 1. The van der Waals surface area contributed by atoms with E-state index in [9.17, 15) is 9.18 Å². The maximum atomic E-state index is 13.4. The molecule has 1 amide bonds. The van der Waals surface area contributed by atoms with Crippen molar-refractivity contribution in [3.63, 3.8) is 0 Å². The first kappa shape index (κ1) is 15.5. The fourth-order valence-corrected chi connectivity index (χ4v) is 2.65. The monoisotopic (exact) mass is 289 g/mol. The van der Waals surface area contributed by atoms with Gasteiger partial charge in [-0.25, -0.2) is 4.39 Å². The average Bonchev–Trinajstić information content (AvgIpc) is 2.53. The summed E-state index contributed by atoms with van der Waals surface area (Å²) >= 11 is 0. The van der Waals surface area contributed by atoms with E-state index in [0.29, 0.717) is 24.6 Å². The van der Waals surface area contributed by atoms with Crippen LogP contribution in [-0.4, -0.2) is 35.6 Å². The Morgan fingerprint density at radius 3 is 2.76 bits per heavy atom. The van der Waals surface area contributed by atoms with Crippen molar-refractivity contribution in [1.82, 2.24) is 4.90 Å². The highest BCUT2D eigenvalue weighted by Gasteiger charge is 2.24. The molecule has 0 saturated carbocycles. The van der Waals surface area contributed by atoms with Crippen LogP contribution in [0, 0.1) is 23.6 Å². The average molecular weight is 289 g/mol. The fraction of sp³-hybridized carbons (Fsp3) is 0.471. The highest BCUT2D eigenvalue weighted by molar-refractivity contribution is 5.96. The molecule has 1 aromatic carbocycles. The van der Waals surface area contributed by atoms with Crippen molar-refractivity contribution in [2.75, 3.05) is 19.7 Å². The van der Waals surface area contributed by atoms with Crippen LogP contribution in [0.25, 0.3) is 0 Å². The zero-order chi connectivity index (χ0) is 15.2. The Hall–Kier alpha value is -1.86. The van der Waals surface area contributed by atoms with Crippen molar-refractivity contribution in [3.05, 3.63) is 35.1 Å². The molecule has 1 fully saturated rings. The van der Waals surface area contributed by atoms with E-state index >= 15 is 0 Å². The first-order chi connectivity index (χ1) is 10.2. The van der Waals surface area contributed by atoms with Crippen LogP contribution >= 0.6 is 0 Å². The third-order valence-corrected chi connectivity index (χ3v) is 3.99. The SMILES string of the molecule is CCC1CCN(C(=O)c2cc(F)ccc2C#CCO)CC1. The standard InChI is InChI=1S/C17H20FNO2/c1-2-13-7-9-19(10-8-13)17(21)16-12-15(18)6-5-14(16)4-3-11-20/h5-6,12-13,20H,2,7-11H2,1H3. The minimum atomic E-state index is -0.448. The van der Waals surface area contributed by atoms with E-state index in [1.165, 1.54) is 18.2 Å². The topological polar surface area (TPSA) is 40.5 Å². The first-order valence-electron chi connectivity index (χ1n) is 7.34. The van der Waals surface area contributed by atoms with Crippen LogP contribution < -0.4 is 0 Å². The van der Waals surface area contributed by atoms with Crippen LogP contribution in [0.4, 0.5) is 4.39 Å². The van der Waals surface area contributed by atoms with Gasteiger partial charge in [0.2, 0.25) is 0 Å². The van der Waals surface area contributed by atoms with Gasteiger partial charge in [0.1, 0.15) is 12.4 Å². The van der Waals surface area contributed by atoms with Gasteiger partial charge in [-0.2, -0.15) is 0 Å². The maximum absolute atomic E-state index is 13.4. The van der Waals surface area contributed by atoms with Crippen molar-refractivity contribution in [1.29, 1.82) is 0 Å². The van der Waals surface area contributed by atoms with Gasteiger partial charge in [-0.3, -0.25) is 4.79 Å². The Labute approximate surface area is 124 Å². The number of likely N-dealkylation sites (tertiary alicyclic amines) is 1. The fourth-order valence-electron chi connectivity index (χ4n) is 2.65. The van der Waals surface area contributed by atoms with Gasteiger partial charge < -0.3 is 10.0 Å². The number of carbonyl (C=O) groups is 1.